The fourth-order valence-electron chi connectivity index (χ4n) is 5.10. The van der Waals surface area contributed by atoms with E-state index in [9.17, 15) is 9.18 Å². The molecule has 0 saturated carbocycles. The molecule has 0 atom stereocenters. The van der Waals surface area contributed by atoms with Crippen LogP contribution in [0.3, 0.4) is 0 Å². The molecule has 3 aliphatic rings. The van der Waals surface area contributed by atoms with E-state index in [-0.39, 0.29) is 23.9 Å². The van der Waals surface area contributed by atoms with Gasteiger partial charge in [0.2, 0.25) is 0 Å². The first-order valence-electron chi connectivity index (χ1n) is 11.3. The van der Waals surface area contributed by atoms with Crippen molar-refractivity contribution in [2.45, 2.75) is 38.8 Å². The summed E-state index contributed by atoms with van der Waals surface area (Å²) in [6.07, 6.45) is 10.5. The first kappa shape index (κ1) is 22.6. The lowest BCUT2D eigenvalue weighted by molar-refractivity contribution is -0.129. The second kappa shape index (κ2) is 9.88. The Kier molecular flexibility index (Phi) is 6.96. The van der Waals surface area contributed by atoms with Crippen LogP contribution in [0.15, 0.2) is 48.7 Å². The van der Waals surface area contributed by atoms with Gasteiger partial charge in [-0.15, -0.1) is 0 Å². The predicted octanol–water partition coefficient (Wildman–Crippen LogP) is 3.48. The van der Waals surface area contributed by atoms with Crippen LogP contribution in [0.4, 0.5) is 4.39 Å². The van der Waals surface area contributed by atoms with Gasteiger partial charge in [0.15, 0.2) is 6.79 Å². The standard InChI is InChI=1S/C25H32FN3O3/c1-2-3-19(4-9-27)24(30)29-12-7-25(8-13-29)5-10-28(11-6-25)16-20-14-22(26)15-21-17-31-18-32-23(20)21/h2-4,9,14-15H,1,5-8,10-13,16-18,27H2/b9-4-,19-3+. The molecule has 0 bridgehead atoms. The Morgan fingerprint density at radius 2 is 1.91 bits per heavy atom. The van der Waals surface area contributed by atoms with Crippen molar-refractivity contribution in [3.05, 3.63) is 65.7 Å². The van der Waals surface area contributed by atoms with E-state index in [0.717, 1.165) is 68.7 Å². The molecule has 3 heterocycles. The van der Waals surface area contributed by atoms with Crippen molar-refractivity contribution in [3.8, 4) is 5.75 Å². The number of allylic oxidation sites excluding steroid dienone is 2. The molecule has 7 heteroatoms. The molecule has 1 aromatic rings. The van der Waals surface area contributed by atoms with Gasteiger partial charge in [-0.2, -0.15) is 0 Å². The number of ether oxygens (including phenoxy) is 2. The van der Waals surface area contributed by atoms with E-state index in [2.05, 4.69) is 11.5 Å². The lowest BCUT2D eigenvalue weighted by Crippen LogP contribution is -2.48. The van der Waals surface area contributed by atoms with Gasteiger partial charge in [0.05, 0.1) is 6.61 Å². The van der Waals surface area contributed by atoms with Crippen LogP contribution in [-0.2, 0) is 22.7 Å². The molecule has 0 radical (unpaired) electrons. The largest absolute Gasteiger partial charge is 0.467 e. The molecule has 6 nitrogen and oxygen atoms in total. The lowest BCUT2D eigenvalue weighted by Gasteiger charge is -2.47. The number of amides is 1. The van der Waals surface area contributed by atoms with Gasteiger partial charge in [0, 0.05) is 36.3 Å². The molecule has 3 aliphatic heterocycles. The predicted molar refractivity (Wildman–Crippen MR) is 121 cm³/mol. The summed E-state index contributed by atoms with van der Waals surface area (Å²) in [6, 6.07) is 3.08. The number of piperidine rings is 2. The Bertz CT molecular complexity index is 909. The fourth-order valence-corrected chi connectivity index (χ4v) is 5.10. The summed E-state index contributed by atoms with van der Waals surface area (Å²) in [5.74, 6) is 0.547. The monoisotopic (exact) mass is 441 g/mol. The second-order valence-electron chi connectivity index (χ2n) is 8.95. The molecule has 2 fully saturated rings. The molecule has 2 saturated heterocycles. The van der Waals surface area contributed by atoms with Crippen molar-refractivity contribution in [1.29, 1.82) is 0 Å². The van der Waals surface area contributed by atoms with Crippen LogP contribution >= 0.6 is 0 Å². The molecule has 2 N–H and O–H groups in total. The van der Waals surface area contributed by atoms with Gasteiger partial charge in [-0.3, -0.25) is 9.69 Å². The van der Waals surface area contributed by atoms with E-state index in [4.69, 9.17) is 15.2 Å². The van der Waals surface area contributed by atoms with Crippen LogP contribution in [0.1, 0.15) is 36.8 Å². The van der Waals surface area contributed by atoms with Crippen LogP contribution < -0.4 is 10.5 Å². The number of carbonyl (C=O) groups excluding carboxylic acids is 1. The van der Waals surface area contributed by atoms with Gasteiger partial charge in [-0.25, -0.2) is 4.39 Å². The summed E-state index contributed by atoms with van der Waals surface area (Å²) in [7, 11) is 0. The van der Waals surface area contributed by atoms with Crippen molar-refractivity contribution < 1.29 is 18.7 Å². The lowest BCUT2D eigenvalue weighted by atomic mass is 9.71. The molecular weight excluding hydrogens is 409 g/mol. The van der Waals surface area contributed by atoms with E-state index < -0.39 is 0 Å². The average Bonchev–Trinajstić information content (AvgIpc) is 2.80. The zero-order valence-corrected chi connectivity index (χ0v) is 18.5. The van der Waals surface area contributed by atoms with Crippen LogP contribution in [0.5, 0.6) is 5.75 Å². The van der Waals surface area contributed by atoms with Gasteiger partial charge in [-0.1, -0.05) is 12.7 Å². The molecule has 4 rings (SSSR count). The third-order valence-corrected chi connectivity index (χ3v) is 6.99. The first-order chi connectivity index (χ1) is 15.5. The molecule has 0 unspecified atom stereocenters. The van der Waals surface area contributed by atoms with Crippen molar-refractivity contribution in [3.63, 3.8) is 0 Å². The third-order valence-electron chi connectivity index (χ3n) is 6.99. The Balaban J connectivity index is 1.33. The number of nitrogens with two attached hydrogens (primary N) is 1. The number of nitrogens with zero attached hydrogens (tertiary/aromatic N) is 2. The minimum Gasteiger partial charge on any atom is -0.467 e. The maximum Gasteiger partial charge on any atom is 0.253 e. The van der Waals surface area contributed by atoms with Crippen molar-refractivity contribution in [2.24, 2.45) is 11.1 Å². The number of hydrogen-bond acceptors (Lipinski definition) is 5. The number of benzene rings is 1. The van der Waals surface area contributed by atoms with Crippen LogP contribution in [0.2, 0.25) is 0 Å². The normalized spacial score (nSPS) is 21.4. The third kappa shape index (κ3) is 4.89. The minimum atomic E-state index is -0.243. The Hall–Kier alpha value is -2.64. The smallest absolute Gasteiger partial charge is 0.253 e. The summed E-state index contributed by atoms with van der Waals surface area (Å²) in [4.78, 5) is 17.1. The summed E-state index contributed by atoms with van der Waals surface area (Å²) in [5, 5.41) is 0. The van der Waals surface area contributed by atoms with E-state index in [1.54, 1.807) is 24.3 Å². The first-order valence-corrected chi connectivity index (χ1v) is 11.3. The van der Waals surface area contributed by atoms with Crippen LogP contribution in [0, 0.1) is 11.2 Å². The Morgan fingerprint density at radius 3 is 2.59 bits per heavy atom. The summed E-state index contributed by atoms with van der Waals surface area (Å²) >= 11 is 0. The highest BCUT2D eigenvalue weighted by molar-refractivity contribution is 5.96. The number of carbonyl (C=O) groups is 1. The molecule has 1 spiro atoms. The van der Waals surface area contributed by atoms with Gasteiger partial charge < -0.3 is 20.1 Å². The SMILES string of the molecule is C=C/C=C(\C=C/N)C(=O)N1CCC2(CCN(Cc3cc(F)cc4c3OCOC4)CC2)CC1. The number of hydrogen-bond donors (Lipinski definition) is 1. The highest BCUT2D eigenvalue weighted by Gasteiger charge is 2.39. The molecular formula is C25H32FN3O3. The summed E-state index contributed by atoms with van der Waals surface area (Å²) < 4.78 is 25.0. The number of rotatable bonds is 5. The fraction of sp³-hybridized carbons (Fsp3) is 0.480. The Morgan fingerprint density at radius 1 is 1.19 bits per heavy atom. The van der Waals surface area contributed by atoms with E-state index in [1.807, 2.05) is 4.90 Å². The Labute approximate surface area is 189 Å². The van der Waals surface area contributed by atoms with Gasteiger partial charge in [0.25, 0.3) is 5.91 Å². The second-order valence-corrected chi connectivity index (χ2v) is 8.95. The molecule has 0 aliphatic carbocycles. The molecule has 1 aromatic carbocycles. The van der Waals surface area contributed by atoms with Crippen LogP contribution in [-0.4, -0.2) is 48.7 Å². The van der Waals surface area contributed by atoms with Gasteiger partial charge in [0.1, 0.15) is 11.6 Å². The number of likely N-dealkylation sites (tertiary alicyclic amines) is 2. The van der Waals surface area contributed by atoms with Gasteiger partial charge >= 0.3 is 0 Å². The molecule has 0 aromatic heterocycles. The highest BCUT2D eigenvalue weighted by Crippen LogP contribution is 2.42. The molecule has 32 heavy (non-hydrogen) atoms. The number of fused-ring (bicyclic) bond motifs is 1. The van der Waals surface area contributed by atoms with E-state index in [1.165, 1.54) is 12.3 Å². The number of halogens is 1. The van der Waals surface area contributed by atoms with Crippen molar-refractivity contribution >= 4 is 5.91 Å². The summed E-state index contributed by atoms with van der Waals surface area (Å²) in [6.45, 7) is 8.43. The summed E-state index contributed by atoms with van der Waals surface area (Å²) in [5.41, 5.74) is 8.02. The quantitative estimate of drug-likeness (QED) is 0.560. The molecule has 1 amide bonds. The maximum absolute atomic E-state index is 14.1. The maximum atomic E-state index is 14.1. The minimum absolute atomic E-state index is 0.0127. The van der Waals surface area contributed by atoms with Crippen molar-refractivity contribution in [1.82, 2.24) is 9.80 Å². The molecule has 172 valence electrons. The zero-order chi connectivity index (χ0) is 22.6. The van der Waals surface area contributed by atoms with E-state index in [0.29, 0.717) is 18.7 Å². The van der Waals surface area contributed by atoms with Gasteiger partial charge in [-0.05, 0) is 74.7 Å². The topological polar surface area (TPSA) is 68.0 Å². The van der Waals surface area contributed by atoms with E-state index >= 15 is 0 Å². The highest BCUT2D eigenvalue weighted by atomic mass is 19.1. The zero-order valence-electron chi connectivity index (χ0n) is 18.5. The van der Waals surface area contributed by atoms with Crippen molar-refractivity contribution in [2.75, 3.05) is 33.0 Å². The van der Waals surface area contributed by atoms with Crippen LogP contribution in [0.25, 0.3) is 0 Å². The average molecular weight is 442 g/mol.